The molecule has 2 saturated heterocycles. The van der Waals surface area contributed by atoms with Gasteiger partial charge in [0.05, 0.1) is 13.2 Å². The molecule has 17 heavy (non-hydrogen) atoms. The van der Waals surface area contributed by atoms with Crippen molar-refractivity contribution in [3.63, 3.8) is 0 Å². The highest BCUT2D eigenvalue weighted by atomic mass is 35.5. The molecule has 2 fully saturated rings. The first-order valence-corrected chi connectivity index (χ1v) is 5.49. The van der Waals surface area contributed by atoms with Crippen LogP contribution in [-0.2, 0) is 9.47 Å². The average molecular weight is 259 g/mol. The van der Waals surface area contributed by atoms with E-state index in [2.05, 4.69) is 0 Å². The van der Waals surface area contributed by atoms with Crippen LogP contribution in [0.1, 0.15) is 0 Å². The maximum absolute atomic E-state index is 5.56. The van der Waals surface area contributed by atoms with E-state index < -0.39 is 0 Å². The first-order valence-electron chi connectivity index (χ1n) is 5.49. The Bertz CT molecular complexity index is 332. The van der Waals surface area contributed by atoms with Gasteiger partial charge in [-0.15, -0.1) is 12.4 Å². The average Bonchev–Trinajstić information content (AvgIpc) is 3.17. The van der Waals surface area contributed by atoms with Crippen molar-refractivity contribution in [2.75, 3.05) is 26.4 Å². The molecule has 3 rings (SSSR count). The van der Waals surface area contributed by atoms with Gasteiger partial charge in [0.15, 0.2) is 0 Å². The van der Waals surface area contributed by atoms with Gasteiger partial charge in [0.25, 0.3) is 0 Å². The quantitative estimate of drug-likeness (QED) is 0.728. The minimum absolute atomic E-state index is 0. The highest BCUT2D eigenvalue weighted by Gasteiger charge is 2.24. The molecule has 0 spiro atoms. The Kier molecular flexibility index (Phi) is 4.10. The smallest absolute Gasteiger partial charge is 0.123 e. The summed E-state index contributed by atoms with van der Waals surface area (Å²) in [6.07, 6.45) is 0.564. The molecular formula is C12H15ClO4. The van der Waals surface area contributed by atoms with Gasteiger partial charge in [-0.05, 0) is 12.1 Å². The minimum atomic E-state index is 0. The highest BCUT2D eigenvalue weighted by molar-refractivity contribution is 5.85. The predicted octanol–water partition coefficient (Wildman–Crippen LogP) is 1.66. The normalized spacial score (nSPS) is 24.7. The molecule has 0 N–H and O–H groups in total. The van der Waals surface area contributed by atoms with Crippen LogP contribution < -0.4 is 9.47 Å². The number of halogens is 1. The topological polar surface area (TPSA) is 43.5 Å². The van der Waals surface area contributed by atoms with Gasteiger partial charge in [0.2, 0.25) is 0 Å². The van der Waals surface area contributed by atoms with Crippen molar-refractivity contribution in [1.82, 2.24) is 0 Å². The summed E-state index contributed by atoms with van der Waals surface area (Å²) in [5, 5.41) is 0. The molecule has 94 valence electrons. The van der Waals surface area contributed by atoms with Crippen LogP contribution in [0.25, 0.3) is 0 Å². The lowest BCUT2D eigenvalue weighted by atomic mass is 10.3. The Morgan fingerprint density at radius 1 is 1.00 bits per heavy atom. The highest BCUT2D eigenvalue weighted by Crippen LogP contribution is 2.22. The van der Waals surface area contributed by atoms with Gasteiger partial charge in [-0.25, -0.2) is 0 Å². The Labute approximate surface area is 106 Å². The van der Waals surface area contributed by atoms with Crippen molar-refractivity contribution in [3.05, 3.63) is 24.3 Å². The van der Waals surface area contributed by atoms with Crippen molar-refractivity contribution in [2.45, 2.75) is 12.2 Å². The van der Waals surface area contributed by atoms with Gasteiger partial charge in [0.1, 0.15) is 36.9 Å². The van der Waals surface area contributed by atoms with Crippen LogP contribution in [0.2, 0.25) is 0 Å². The summed E-state index contributed by atoms with van der Waals surface area (Å²) in [5.74, 6) is 1.65. The monoisotopic (exact) mass is 258 g/mol. The Balaban J connectivity index is 0.00000108. The SMILES string of the molecule is Cl.c1cc(OCC2CO2)cc(OCC2CO2)c1. The van der Waals surface area contributed by atoms with E-state index >= 15 is 0 Å². The van der Waals surface area contributed by atoms with Crippen LogP contribution in [0.3, 0.4) is 0 Å². The van der Waals surface area contributed by atoms with E-state index in [-0.39, 0.29) is 24.6 Å². The number of hydrogen-bond acceptors (Lipinski definition) is 4. The van der Waals surface area contributed by atoms with Crippen molar-refractivity contribution >= 4 is 12.4 Å². The zero-order valence-corrected chi connectivity index (χ0v) is 10.2. The number of ether oxygens (including phenoxy) is 4. The van der Waals surface area contributed by atoms with Crippen LogP contribution >= 0.6 is 12.4 Å². The number of benzene rings is 1. The van der Waals surface area contributed by atoms with Crippen LogP contribution in [0.5, 0.6) is 11.5 Å². The van der Waals surface area contributed by atoms with Crippen molar-refractivity contribution < 1.29 is 18.9 Å². The van der Waals surface area contributed by atoms with E-state index in [9.17, 15) is 0 Å². The molecule has 1 aromatic carbocycles. The fraction of sp³-hybridized carbons (Fsp3) is 0.500. The molecule has 0 aromatic heterocycles. The fourth-order valence-electron chi connectivity index (χ4n) is 1.36. The van der Waals surface area contributed by atoms with Gasteiger partial charge >= 0.3 is 0 Å². The summed E-state index contributed by atoms with van der Waals surface area (Å²) in [7, 11) is 0. The minimum Gasteiger partial charge on any atom is -0.491 e. The lowest BCUT2D eigenvalue weighted by Crippen LogP contribution is -2.06. The second-order valence-corrected chi connectivity index (χ2v) is 4.01. The lowest BCUT2D eigenvalue weighted by molar-refractivity contribution is 0.252. The molecule has 0 bridgehead atoms. The van der Waals surface area contributed by atoms with Crippen molar-refractivity contribution in [3.8, 4) is 11.5 Å². The van der Waals surface area contributed by atoms with E-state index in [1.165, 1.54) is 0 Å². The molecule has 1 aromatic rings. The summed E-state index contributed by atoms with van der Waals surface area (Å²) in [4.78, 5) is 0. The number of hydrogen-bond donors (Lipinski definition) is 0. The van der Waals surface area contributed by atoms with Crippen LogP contribution in [-0.4, -0.2) is 38.6 Å². The molecule has 2 unspecified atom stereocenters. The first kappa shape index (κ1) is 12.5. The predicted molar refractivity (Wildman–Crippen MR) is 64.2 cm³/mol. The van der Waals surface area contributed by atoms with Crippen LogP contribution in [0, 0.1) is 0 Å². The summed E-state index contributed by atoms with van der Waals surface area (Å²) >= 11 is 0. The Hall–Kier alpha value is -0.970. The van der Waals surface area contributed by atoms with Crippen molar-refractivity contribution in [1.29, 1.82) is 0 Å². The lowest BCUT2D eigenvalue weighted by Gasteiger charge is -2.07. The van der Waals surface area contributed by atoms with E-state index in [1.807, 2.05) is 24.3 Å². The molecule has 2 aliphatic rings. The summed E-state index contributed by atoms with van der Waals surface area (Å²) in [6.45, 7) is 2.87. The zero-order valence-electron chi connectivity index (χ0n) is 9.33. The van der Waals surface area contributed by atoms with Gasteiger partial charge in [-0.2, -0.15) is 0 Å². The zero-order chi connectivity index (χ0) is 10.8. The molecule has 0 aliphatic carbocycles. The summed E-state index contributed by atoms with van der Waals surface area (Å²) in [5.41, 5.74) is 0. The van der Waals surface area contributed by atoms with E-state index in [0.29, 0.717) is 13.2 Å². The summed E-state index contributed by atoms with van der Waals surface area (Å²) < 4.78 is 21.3. The number of epoxide rings is 2. The summed E-state index contributed by atoms with van der Waals surface area (Å²) in [6, 6.07) is 7.66. The fourth-order valence-corrected chi connectivity index (χ4v) is 1.36. The van der Waals surface area contributed by atoms with Crippen LogP contribution in [0.4, 0.5) is 0 Å². The molecule has 2 atom stereocenters. The largest absolute Gasteiger partial charge is 0.491 e. The van der Waals surface area contributed by atoms with Crippen LogP contribution in [0.15, 0.2) is 24.3 Å². The second-order valence-electron chi connectivity index (χ2n) is 4.01. The maximum Gasteiger partial charge on any atom is 0.123 e. The molecule has 0 radical (unpaired) electrons. The van der Waals surface area contributed by atoms with E-state index in [4.69, 9.17) is 18.9 Å². The molecule has 0 amide bonds. The standard InChI is InChI=1S/C12H14O4.ClH/c1-2-9(13-5-11-7-15-11)4-10(3-1)14-6-12-8-16-12;/h1-4,11-12H,5-8H2;1H. The second kappa shape index (κ2) is 5.58. The van der Waals surface area contributed by atoms with Gasteiger partial charge in [-0.3, -0.25) is 0 Å². The molecule has 4 nitrogen and oxygen atoms in total. The molecule has 2 aliphatic heterocycles. The third kappa shape index (κ3) is 4.07. The van der Waals surface area contributed by atoms with Gasteiger partial charge in [0, 0.05) is 6.07 Å². The molecule has 0 saturated carbocycles. The number of rotatable bonds is 6. The third-order valence-electron chi connectivity index (χ3n) is 2.48. The maximum atomic E-state index is 5.56. The van der Waals surface area contributed by atoms with E-state index in [0.717, 1.165) is 24.7 Å². The molecule has 5 heteroatoms. The Morgan fingerprint density at radius 3 is 1.88 bits per heavy atom. The third-order valence-corrected chi connectivity index (χ3v) is 2.48. The van der Waals surface area contributed by atoms with Crippen molar-refractivity contribution in [2.24, 2.45) is 0 Å². The Morgan fingerprint density at radius 2 is 1.47 bits per heavy atom. The molecular weight excluding hydrogens is 244 g/mol. The van der Waals surface area contributed by atoms with Gasteiger partial charge in [-0.1, -0.05) is 6.07 Å². The van der Waals surface area contributed by atoms with E-state index in [1.54, 1.807) is 0 Å². The first-order chi connectivity index (χ1) is 7.90. The van der Waals surface area contributed by atoms with Gasteiger partial charge < -0.3 is 18.9 Å². The molecule has 2 heterocycles.